The van der Waals surface area contributed by atoms with Crippen molar-refractivity contribution >= 4 is 17.9 Å². The number of nitrogens with one attached hydrogen (secondary N) is 1. The molecule has 2 aromatic heterocycles. The van der Waals surface area contributed by atoms with E-state index in [2.05, 4.69) is 28.6 Å². The van der Waals surface area contributed by atoms with Gasteiger partial charge in [-0.2, -0.15) is 5.10 Å². The highest BCUT2D eigenvalue weighted by Crippen LogP contribution is 2.31. The van der Waals surface area contributed by atoms with Crippen LogP contribution >= 0.6 is 0 Å². The van der Waals surface area contributed by atoms with Gasteiger partial charge in [-0.3, -0.25) is 9.48 Å². The summed E-state index contributed by atoms with van der Waals surface area (Å²) in [6.45, 7) is 2.17. The predicted octanol–water partition coefficient (Wildman–Crippen LogP) is 4.09. The fourth-order valence-electron chi connectivity index (χ4n) is 4.53. The number of allylic oxidation sites excluding steroid dienone is 1. The molecule has 0 saturated carbocycles. The van der Waals surface area contributed by atoms with E-state index in [9.17, 15) is 9.90 Å². The number of aliphatic carboxylic acids is 1. The molecule has 0 radical (unpaired) electrons. The third-order valence-electron chi connectivity index (χ3n) is 6.26. The van der Waals surface area contributed by atoms with Crippen molar-refractivity contribution in [3.8, 4) is 5.75 Å². The molecule has 3 aromatic rings. The summed E-state index contributed by atoms with van der Waals surface area (Å²) in [5.41, 5.74) is 5.46. The van der Waals surface area contributed by atoms with Crippen LogP contribution in [0.1, 0.15) is 46.7 Å². The van der Waals surface area contributed by atoms with Crippen LogP contribution in [0.3, 0.4) is 0 Å². The van der Waals surface area contributed by atoms with Gasteiger partial charge in [0.05, 0.1) is 19.2 Å². The third kappa shape index (κ3) is 5.08. The second-order valence-corrected chi connectivity index (χ2v) is 8.70. The van der Waals surface area contributed by atoms with Crippen molar-refractivity contribution in [2.24, 2.45) is 0 Å². The quantitative estimate of drug-likeness (QED) is 0.544. The molecule has 0 amide bonds. The lowest BCUT2D eigenvalue weighted by atomic mass is 9.94. The first-order valence-corrected chi connectivity index (χ1v) is 11.5. The average molecular weight is 445 g/mol. The first kappa shape index (κ1) is 21.2. The summed E-state index contributed by atoms with van der Waals surface area (Å²) in [6.07, 6.45) is 11.8. The Labute approximate surface area is 193 Å². The topological polar surface area (TPSA) is 89.3 Å². The molecule has 2 N–H and O–H groups in total. The van der Waals surface area contributed by atoms with Gasteiger partial charge in [0.25, 0.3) is 0 Å². The van der Waals surface area contributed by atoms with Crippen LogP contribution in [-0.2, 0) is 30.6 Å². The molecule has 7 heteroatoms. The molecule has 0 fully saturated rings. The molecule has 5 rings (SSSR count). The summed E-state index contributed by atoms with van der Waals surface area (Å²) >= 11 is 0. The number of ether oxygens (including phenoxy) is 1. The lowest BCUT2D eigenvalue weighted by Crippen LogP contribution is -2.14. The Kier molecular flexibility index (Phi) is 6.11. The third-order valence-corrected chi connectivity index (χ3v) is 6.26. The van der Waals surface area contributed by atoms with Gasteiger partial charge in [-0.1, -0.05) is 30.4 Å². The zero-order valence-electron chi connectivity index (χ0n) is 18.5. The van der Waals surface area contributed by atoms with Crippen molar-refractivity contribution in [1.29, 1.82) is 0 Å². The molecule has 4 heterocycles. The normalized spacial score (nSPS) is 15.5. The highest BCUT2D eigenvalue weighted by atomic mass is 16.5. The molecule has 7 nitrogen and oxygen atoms in total. The van der Waals surface area contributed by atoms with E-state index >= 15 is 0 Å². The van der Waals surface area contributed by atoms with Crippen molar-refractivity contribution in [3.05, 3.63) is 76.7 Å². The van der Waals surface area contributed by atoms with Crippen LogP contribution in [0.5, 0.6) is 5.75 Å². The number of carbonyl (C=O) groups is 1. The van der Waals surface area contributed by atoms with E-state index in [1.54, 1.807) is 0 Å². The Morgan fingerprint density at radius 2 is 2.15 bits per heavy atom. The molecule has 0 bridgehead atoms. The van der Waals surface area contributed by atoms with Gasteiger partial charge in [0.15, 0.2) is 0 Å². The van der Waals surface area contributed by atoms with Crippen molar-refractivity contribution in [3.63, 3.8) is 0 Å². The molecule has 2 aliphatic rings. The van der Waals surface area contributed by atoms with E-state index < -0.39 is 5.97 Å². The van der Waals surface area contributed by atoms with Crippen molar-refractivity contribution in [2.45, 2.75) is 44.6 Å². The smallest absolute Gasteiger partial charge is 0.304 e. The monoisotopic (exact) mass is 444 g/mol. The van der Waals surface area contributed by atoms with Crippen LogP contribution in [0.4, 0.5) is 5.82 Å². The summed E-state index contributed by atoms with van der Waals surface area (Å²) in [6, 6.07) is 10.3. The summed E-state index contributed by atoms with van der Waals surface area (Å²) in [5, 5.41) is 17.3. The average Bonchev–Trinajstić information content (AvgIpc) is 3.47. The minimum atomic E-state index is -0.819. The number of hydrogen-bond acceptors (Lipinski definition) is 5. The van der Waals surface area contributed by atoms with Crippen LogP contribution in [0, 0.1) is 0 Å². The number of fused-ring (bicyclic) bond motifs is 2. The van der Waals surface area contributed by atoms with E-state index in [-0.39, 0.29) is 12.3 Å². The molecule has 0 saturated heterocycles. The molecular weight excluding hydrogens is 416 g/mol. The summed E-state index contributed by atoms with van der Waals surface area (Å²) in [5.74, 6) is 0.890. The molecule has 1 aromatic carbocycles. The van der Waals surface area contributed by atoms with Gasteiger partial charge >= 0.3 is 5.97 Å². The van der Waals surface area contributed by atoms with Gasteiger partial charge in [0.1, 0.15) is 11.6 Å². The van der Waals surface area contributed by atoms with Gasteiger partial charge < -0.3 is 15.2 Å². The molecule has 1 atom stereocenters. The van der Waals surface area contributed by atoms with Gasteiger partial charge in [-0.25, -0.2) is 4.98 Å². The molecule has 0 aliphatic carbocycles. The number of rotatable bonds is 8. The Hall–Kier alpha value is -3.61. The van der Waals surface area contributed by atoms with E-state index in [0.29, 0.717) is 13.2 Å². The van der Waals surface area contributed by atoms with E-state index in [1.807, 2.05) is 41.4 Å². The zero-order chi connectivity index (χ0) is 22.6. The SMILES string of the molecule is O=C(O)CC(Cn1cc(C=CCc2ccc3c(n2)NCCC3)cn1)c1ccc2c(c1)OCC2. The van der Waals surface area contributed by atoms with Crippen LogP contribution in [0.15, 0.2) is 48.8 Å². The van der Waals surface area contributed by atoms with Crippen molar-refractivity contribution in [2.75, 3.05) is 18.5 Å². The fourth-order valence-corrected chi connectivity index (χ4v) is 4.53. The molecule has 2 aliphatic heterocycles. The fraction of sp³-hybridized carbons (Fsp3) is 0.346. The van der Waals surface area contributed by atoms with E-state index in [1.165, 1.54) is 11.1 Å². The van der Waals surface area contributed by atoms with Crippen LogP contribution in [-0.4, -0.2) is 39.0 Å². The molecule has 33 heavy (non-hydrogen) atoms. The first-order chi connectivity index (χ1) is 16.1. The maximum atomic E-state index is 11.5. The molecule has 170 valence electrons. The predicted molar refractivity (Wildman–Crippen MR) is 127 cm³/mol. The minimum Gasteiger partial charge on any atom is -0.493 e. The van der Waals surface area contributed by atoms with Gasteiger partial charge in [-0.15, -0.1) is 0 Å². The largest absolute Gasteiger partial charge is 0.493 e. The zero-order valence-corrected chi connectivity index (χ0v) is 18.5. The Morgan fingerprint density at radius 3 is 3.06 bits per heavy atom. The highest BCUT2D eigenvalue weighted by molar-refractivity contribution is 5.68. The molecule has 0 spiro atoms. The number of aromatic nitrogens is 3. The second-order valence-electron chi connectivity index (χ2n) is 8.70. The lowest BCUT2D eigenvalue weighted by molar-refractivity contribution is -0.137. The Bertz CT molecular complexity index is 1180. The Balaban J connectivity index is 1.24. The number of anilines is 1. The lowest BCUT2D eigenvalue weighted by Gasteiger charge is -2.17. The summed E-state index contributed by atoms with van der Waals surface area (Å²) in [7, 11) is 0. The number of carboxylic acid groups (broad SMARTS) is 1. The maximum absolute atomic E-state index is 11.5. The van der Waals surface area contributed by atoms with Crippen LogP contribution in [0.2, 0.25) is 0 Å². The highest BCUT2D eigenvalue weighted by Gasteiger charge is 2.20. The van der Waals surface area contributed by atoms with Crippen molar-refractivity contribution in [1.82, 2.24) is 14.8 Å². The van der Waals surface area contributed by atoms with Gasteiger partial charge in [0.2, 0.25) is 0 Å². The number of benzene rings is 1. The van der Waals surface area contributed by atoms with Crippen molar-refractivity contribution < 1.29 is 14.6 Å². The van der Waals surface area contributed by atoms with E-state index in [0.717, 1.165) is 60.6 Å². The number of nitrogens with zero attached hydrogens (tertiary/aromatic N) is 3. The first-order valence-electron chi connectivity index (χ1n) is 11.5. The summed E-state index contributed by atoms with van der Waals surface area (Å²) < 4.78 is 7.49. The molecule has 1 unspecified atom stereocenters. The number of aryl methyl sites for hydroxylation is 1. The minimum absolute atomic E-state index is 0.0435. The number of pyridine rings is 1. The summed E-state index contributed by atoms with van der Waals surface area (Å²) in [4.78, 5) is 16.2. The van der Waals surface area contributed by atoms with E-state index in [4.69, 9.17) is 9.72 Å². The molecular formula is C26H28N4O3. The van der Waals surface area contributed by atoms with Crippen LogP contribution < -0.4 is 10.1 Å². The van der Waals surface area contributed by atoms with Crippen LogP contribution in [0.25, 0.3) is 6.08 Å². The number of carboxylic acids is 1. The van der Waals surface area contributed by atoms with Gasteiger partial charge in [-0.05, 0) is 41.7 Å². The standard InChI is InChI=1S/C26H28N4O3/c31-25(32)14-22(21-7-6-19-10-12-33-24(19)13-21)17-30-16-18(15-28-30)3-1-5-23-9-8-20-4-2-11-27-26(20)29-23/h1,3,6-9,13,15-16,22H,2,4-5,10-12,14,17H2,(H,27,29)(H,31,32). The van der Waals surface area contributed by atoms with Gasteiger partial charge in [0, 0.05) is 49.3 Å². The Morgan fingerprint density at radius 1 is 1.24 bits per heavy atom. The number of hydrogen-bond donors (Lipinski definition) is 2. The maximum Gasteiger partial charge on any atom is 0.304 e. The second kappa shape index (κ2) is 9.48.